The van der Waals surface area contributed by atoms with Crippen LogP contribution < -0.4 is 5.32 Å². The standard InChI is InChI=1S/C17H25N3O4/c21-13-17(6-1-2-7-17)18-15(24)20(13)9-8-19-10-12-4-3-5-16(12,11-19)14(22)23/h12H,1-11H2,(H,18,24)(H,22,23)/t12-,16+/m0/s1. The molecular weight excluding hydrogens is 310 g/mol. The van der Waals surface area contributed by atoms with Gasteiger partial charge < -0.3 is 15.3 Å². The minimum absolute atomic E-state index is 0.0858. The lowest BCUT2D eigenvalue weighted by Crippen LogP contribution is -2.44. The van der Waals surface area contributed by atoms with E-state index in [1.54, 1.807) is 0 Å². The number of amides is 3. The topological polar surface area (TPSA) is 90.0 Å². The van der Waals surface area contributed by atoms with Crippen molar-refractivity contribution in [1.29, 1.82) is 0 Å². The summed E-state index contributed by atoms with van der Waals surface area (Å²) in [5, 5.41) is 12.5. The molecule has 132 valence electrons. The van der Waals surface area contributed by atoms with Crippen LogP contribution in [0, 0.1) is 11.3 Å². The third-order valence-corrected chi connectivity index (χ3v) is 6.71. The average molecular weight is 335 g/mol. The van der Waals surface area contributed by atoms with Gasteiger partial charge in [0.25, 0.3) is 5.91 Å². The highest BCUT2D eigenvalue weighted by molar-refractivity contribution is 6.07. The molecule has 3 amide bonds. The number of hydrogen-bond donors (Lipinski definition) is 2. The van der Waals surface area contributed by atoms with Crippen molar-refractivity contribution in [1.82, 2.24) is 15.1 Å². The highest BCUT2D eigenvalue weighted by Gasteiger charge is 2.55. The molecule has 2 N–H and O–H groups in total. The number of hydrogen-bond acceptors (Lipinski definition) is 4. The van der Waals surface area contributed by atoms with Crippen LogP contribution in [0.4, 0.5) is 4.79 Å². The number of fused-ring (bicyclic) bond motifs is 1. The van der Waals surface area contributed by atoms with Crippen molar-refractivity contribution in [3.63, 3.8) is 0 Å². The Balaban J connectivity index is 1.39. The molecule has 7 heteroatoms. The zero-order chi connectivity index (χ0) is 16.9. The lowest BCUT2D eigenvalue weighted by Gasteiger charge is -2.24. The van der Waals surface area contributed by atoms with Gasteiger partial charge in [0.15, 0.2) is 0 Å². The smallest absolute Gasteiger partial charge is 0.325 e. The first kappa shape index (κ1) is 15.9. The maximum absolute atomic E-state index is 12.6. The molecule has 0 aromatic carbocycles. The first-order chi connectivity index (χ1) is 11.5. The Hall–Kier alpha value is -1.63. The fourth-order valence-electron chi connectivity index (χ4n) is 5.35. The van der Waals surface area contributed by atoms with Gasteiger partial charge in [-0.2, -0.15) is 0 Å². The van der Waals surface area contributed by atoms with Crippen molar-refractivity contribution in [3.05, 3.63) is 0 Å². The molecule has 0 aromatic heterocycles. The largest absolute Gasteiger partial charge is 0.481 e. The number of imide groups is 1. The zero-order valence-electron chi connectivity index (χ0n) is 13.9. The van der Waals surface area contributed by atoms with Gasteiger partial charge in [-0.1, -0.05) is 19.3 Å². The number of nitrogens with one attached hydrogen (secondary N) is 1. The van der Waals surface area contributed by atoms with Gasteiger partial charge in [-0.25, -0.2) is 4.79 Å². The quantitative estimate of drug-likeness (QED) is 0.749. The number of urea groups is 1. The van der Waals surface area contributed by atoms with Crippen LogP contribution in [-0.4, -0.2) is 64.5 Å². The molecule has 2 aliphatic heterocycles. The summed E-state index contributed by atoms with van der Waals surface area (Å²) in [4.78, 5) is 40.0. The minimum atomic E-state index is -0.688. The van der Waals surface area contributed by atoms with E-state index in [4.69, 9.17) is 0 Å². The number of likely N-dealkylation sites (tertiary alicyclic amines) is 1. The molecule has 2 atom stereocenters. The molecule has 7 nitrogen and oxygen atoms in total. The first-order valence-corrected chi connectivity index (χ1v) is 9.07. The van der Waals surface area contributed by atoms with Crippen molar-refractivity contribution in [2.75, 3.05) is 26.2 Å². The number of carboxylic acids is 1. The summed E-state index contributed by atoms with van der Waals surface area (Å²) in [6.07, 6.45) is 6.14. The van der Waals surface area contributed by atoms with Gasteiger partial charge in [-0.05, 0) is 31.6 Å². The second kappa shape index (κ2) is 5.44. The SMILES string of the molecule is O=C1NC2(CCCC2)C(=O)N1CCN1C[C@@H]2CCC[C@@]2(C(=O)O)C1. The minimum Gasteiger partial charge on any atom is -0.481 e. The molecule has 2 heterocycles. The van der Waals surface area contributed by atoms with Crippen molar-refractivity contribution in [2.45, 2.75) is 50.5 Å². The number of carbonyl (C=O) groups excluding carboxylic acids is 2. The van der Waals surface area contributed by atoms with Gasteiger partial charge in [0.1, 0.15) is 5.54 Å². The molecule has 0 unspecified atom stereocenters. The Morgan fingerprint density at radius 2 is 1.92 bits per heavy atom. The third-order valence-electron chi connectivity index (χ3n) is 6.71. The fourth-order valence-corrected chi connectivity index (χ4v) is 5.35. The van der Waals surface area contributed by atoms with Crippen LogP contribution in [0.15, 0.2) is 0 Å². The number of carboxylic acid groups (broad SMARTS) is 1. The van der Waals surface area contributed by atoms with E-state index in [-0.39, 0.29) is 17.9 Å². The molecule has 0 radical (unpaired) electrons. The summed E-state index contributed by atoms with van der Waals surface area (Å²) in [6.45, 7) is 2.23. The van der Waals surface area contributed by atoms with Crippen LogP contribution in [0.5, 0.6) is 0 Å². The van der Waals surface area contributed by atoms with E-state index in [1.807, 2.05) is 0 Å². The first-order valence-electron chi connectivity index (χ1n) is 9.07. The van der Waals surface area contributed by atoms with Crippen molar-refractivity contribution in [2.24, 2.45) is 11.3 Å². The number of aliphatic carboxylic acids is 1. The Bertz CT molecular complexity index is 586. The molecule has 1 spiro atoms. The van der Waals surface area contributed by atoms with E-state index in [1.165, 1.54) is 4.90 Å². The molecular formula is C17H25N3O4. The molecule has 2 saturated heterocycles. The van der Waals surface area contributed by atoms with Crippen LogP contribution in [0.2, 0.25) is 0 Å². The second-order valence-corrected chi connectivity index (χ2v) is 7.96. The summed E-state index contributed by atoms with van der Waals surface area (Å²) in [5.74, 6) is -0.566. The summed E-state index contributed by atoms with van der Waals surface area (Å²) in [7, 11) is 0. The summed E-state index contributed by atoms with van der Waals surface area (Å²) < 4.78 is 0. The average Bonchev–Trinajstić information content (AvgIpc) is 3.24. The Labute approximate surface area is 141 Å². The zero-order valence-corrected chi connectivity index (χ0v) is 13.9. The molecule has 2 aliphatic carbocycles. The highest BCUT2D eigenvalue weighted by Crippen LogP contribution is 2.48. The molecule has 4 aliphatic rings. The maximum Gasteiger partial charge on any atom is 0.325 e. The molecule has 24 heavy (non-hydrogen) atoms. The van der Waals surface area contributed by atoms with E-state index in [0.29, 0.717) is 19.6 Å². The second-order valence-electron chi connectivity index (χ2n) is 7.96. The molecule has 4 fully saturated rings. The number of nitrogens with zero attached hydrogens (tertiary/aromatic N) is 2. The predicted molar refractivity (Wildman–Crippen MR) is 85.3 cm³/mol. The normalized spacial score (nSPS) is 35.0. The lowest BCUT2D eigenvalue weighted by molar-refractivity contribution is -0.149. The summed E-state index contributed by atoms with van der Waals surface area (Å²) in [5.41, 5.74) is -1.26. The predicted octanol–water partition coefficient (Wildman–Crippen LogP) is 1.04. The van der Waals surface area contributed by atoms with E-state index >= 15 is 0 Å². The van der Waals surface area contributed by atoms with E-state index in [2.05, 4.69) is 10.2 Å². The highest BCUT2D eigenvalue weighted by atomic mass is 16.4. The van der Waals surface area contributed by atoms with E-state index in [9.17, 15) is 19.5 Å². The van der Waals surface area contributed by atoms with Crippen LogP contribution in [-0.2, 0) is 9.59 Å². The van der Waals surface area contributed by atoms with Gasteiger partial charge in [-0.15, -0.1) is 0 Å². The number of rotatable bonds is 4. The summed E-state index contributed by atoms with van der Waals surface area (Å²) >= 11 is 0. The van der Waals surface area contributed by atoms with Gasteiger partial charge in [-0.3, -0.25) is 14.5 Å². The Morgan fingerprint density at radius 1 is 1.17 bits per heavy atom. The lowest BCUT2D eigenvalue weighted by atomic mass is 9.81. The van der Waals surface area contributed by atoms with Crippen LogP contribution in [0.1, 0.15) is 44.9 Å². The van der Waals surface area contributed by atoms with Crippen LogP contribution in [0.3, 0.4) is 0 Å². The van der Waals surface area contributed by atoms with Crippen molar-refractivity contribution >= 4 is 17.9 Å². The monoisotopic (exact) mass is 335 g/mol. The molecule has 0 bridgehead atoms. The van der Waals surface area contributed by atoms with Gasteiger partial charge in [0.2, 0.25) is 0 Å². The maximum atomic E-state index is 12.6. The molecule has 0 aromatic rings. The summed E-state index contributed by atoms with van der Waals surface area (Å²) in [6, 6.07) is -0.283. The number of carbonyl (C=O) groups is 3. The van der Waals surface area contributed by atoms with E-state index in [0.717, 1.165) is 51.5 Å². The van der Waals surface area contributed by atoms with Crippen molar-refractivity contribution < 1.29 is 19.5 Å². The molecule has 2 saturated carbocycles. The van der Waals surface area contributed by atoms with Gasteiger partial charge >= 0.3 is 12.0 Å². The Kier molecular flexibility index (Phi) is 3.60. The fraction of sp³-hybridized carbons (Fsp3) is 0.824. The Morgan fingerprint density at radius 3 is 2.58 bits per heavy atom. The van der Waals surface area contributed by atoms with Gasteiger partial charge in [0.05, 0.1) is 5.41 Å². The van der Waals surface area contributed by atoms with E-state index < -0.39 is 16.9 Å². The van der Waals surface area contributed by atoms with Gasteiger partial charge in [0, 0.05) is 26.2 Å². The van der Waals surface area contributed by atoms with Crippen molar-refractivity contribution in [3.8, 4) is 0 Å². The van der Waals surface area contributed by atoms with Crippen LogP contribution in [0.25, 0.3) is 0 Å². The molecule has 4 rings (SSSR count). The third kappa shape index (κ3) is 2.17. The van der Waals surface area contributed by atoms with Crippen LogP contribution >= 0.6 is 0 Å².